The number of oxazole rings is 1. The van der Waals surface area contributed by atoms with Gasteiger partial charge in [-0.2, -0.15) is 5.10 Å². The van der Waals surface area contributed by atoms with Crippen molar-refractivity contribution in [2.24, 2.45) is 7.05 Å². The first-order chi connectivity index (χ1) is 15.4. The highest BCUT2D eigenvalue weighted by Gasteiger charge is 2.17. The van der Waals surface area contributed by atoms with Gasteiger partial charge in [0.2, 0.25) is 5.91 Å². The first-order valence-electron chi connectivity index (χ1n) is 9.69. The summed E-state index contributed by atoms with van der Waals surface area (Å²) >= 11 is 0. The van der Waals surface area contributed by atoms with Gasteiger partial charge in [-0.3, -0.25) is 25.2 Å². The van der Waals surface area contributed by atoms with Crippen molar-refractivity contribution in [1.82, 2.24) is 25.6 Å². The van der Waals surface area contributed by atoms with E-state index >= 15 is 0 Å². The molecule has 2 aromatic heterocycles. The molecule has 2 heterocycles. The normalized spacial score (nSPS) is 10.8. The summed E-state index contributed by atoms with van der Waals surface area (Å²) in [4.78, 5) is 40.9. The van der Waals surface area contributed by atoms with Gasteiger partial charge in [0.15, 0.2) is 17.3 Å². The number of aryl methyl sites for hydroxylation is 2. The number of halogens is 1. The third-order valence-corrected chi connectivity index (χ3v) is 4.75. The second-order valence-electron chi connectivity index (χ2n) is 6.92. The second kappa shape index (κ2) is 8.80. The molecule has 4 rings (SSSR count). The molecule has 0 atom stereocenters. The Balaban J connectivity index is 1.37. The number of amides is 2. The predicted molar refractivity (Wildman–Crippen MR) is 113 cm³/mol. The number of rotatable bonds is 5. The second-order valence-corrected chi connectivity index (χ2v) is 6.92. The quantitative estimate of drug-likeness (QED) is 0.464. The number of aromatic nitrogens is 3. The fourth-order valence-corrected chi connectivity index (χ4v) is 3.15. The molecule has 2 N–H and O–H groups in total. The van der Waals surface area contributed by atoms with Crippen LogP contribution in [0.15, 0.2) is 63.9 Å². The van der Waals surface area contributed by atoms with Gasteiger partial charge in [0, 0.05) is 25.3 Å². The van der Waals surface area contributed by atoms with Gasteiger partial charge in [-0.25, -0.2) is 14.1 Å². The molecular weight excluding hydrogens is 417 g/mol. The maximum atomic E-state index is 13.8. The smallest absolute Gasteiger partial charge is 0.290 e. The van der Waals surface area contributed by atoms with Crippen molar-refractivity contribution < 1.29 is 18.4 Å². The lowest BCUT2D eigenvalue weighted by molar-refractivity contribution is -0.121. The van der Waals surface area contributed by atoms with Crippen molar-refractivity contribution >= 4 is 22.6 Å². The van der Waals surface area contributed by atoms with Gasteiger partial charge in [0.25, 0.3) is 11.5 Å². The van der Waals surface area contributed by atoms with E-state index in [-0.39, 0.29) is 41.3 Å². The number of nitrogens with one attached hydrogen (secondary N) is 2. The Bertz CT molecular complexity index is 1380. The lowest BCUT2D eigenvalue weighted by Gasteiger charge is -2.09. The molecule has 0 aliphatic rings. The minimum Gasteiger partial charge on any atom is -0.441 e. The van der Waals surface area contributed by atoms with Crippen LogP contribution in [0.25, 0.3) is 22.1 Å². The van der Waals surface area contributed by atoms with Gasteiger partial charge in [0.05, 0.1) is 17.1 Å². The minimum atomic E-state index is -0.664. The molecule has 10 heteroatoms. The Kier molecular flexibility index (Phi) is 5.75. The maximum Gasteiger partial charge on any atom is 0.290 e. The van der Waals surface area contributed by atoms with Gasteiger partial charge >= 0.3 is 0 Å². The summed E-state index contributed by atoms with van der Waals surface area (Å²) in [6.07, 6.45) is 1.51. The molecule has 162 valence electrons. The van der Waals surface area contributed by atoms with E-state index in [4.69, 9.17) is 4.42 Å². The lowest BCUT2D eigenvalue weighted by atomic mass is 10.1. The van der Waals surface area contributed by atoms with Crippen molar-refractivity contribution in [1.29, 1.82) is 0 Å². The van der Waals surface area contributed by atoms with Crippen LogP contribution in [-0.4, -0.2) is 26.6 Å². The molecule has 2 aromatic carbocycles. The van der Waals surface area contributed by atoms with Gasteiger partial charge in [-0.05, 0) is 18.2 Å². The summed E-state index contributed by atoms with van der Waals surface area (Å²) in [6, 6.07) is 12.7. The zero-order valence-corrected chi connectivity index (χ0v) is 17.0. The molecular formula is C22H18FN5O4. The standard InChI is InChI=1S/C22H18FN5O4/c1-28-22(31)14-7-3-2-6-13(14)20(27-28)21(30)26-25-18(29)10-11-19-24-12-17(32-19)15-8-4-5-9-16(15)23/h2-9,12H,10-11H2,1H3,(H,25,29)(H,26,30). The van der Waals surface area contributed by atoms with Gasteiger partial charge < -0.3 is 4.42 Å². The predicted octanol–water partition coefficient (Wildman–Crippen LogP) is 2.12. The average molecular weight is 435 g/mol. The molecule has 4 aromatic rings. The van der Waals surface area contributed by atoms with Crippen LogP contribution in [0, 0.1) is 5.82 Å². The van der Waals surface area contributed by atoms with E-state index in [0.717, 1.165) is 4.68 Å². The zero-order valence-electron chi connectivity index (χ0n) is 17.0. The van der Waals surface area contributed by atoms with Crippen molar-refractivity contribution in [3.8, 4) is 11.3 Å². The third kappa shape index (κ3) is 4.24. The molecule has 0 bridgehead atoms. The van der Waals surface area contributed by atoms with Crippen LogP contribution >= 0.6 is 0 Å². The van der Waals surface area contributed by atoms with E-state index in [9.17, 15) is 18.8 Å². The van der Waals surface area contributed by atoms with Gasteiger partial charge in [-0.15, -0.1) is 0 Å². The maximum absolute atomic E-state index is 13.8. The molecule has 2 amide bonds. The number of carbonyl (C=O) groups is 2. The van der Waals surface area contributed by atoms with Crippen molar-refractivity contribution in [2.45, 2.75) is 12.8 Å². The SMILES string of the molecule is Cn1nc(C(=O)NNC(=O)CCc2ncc(-c3ccccc3F)o2)c2ccccc2c1=O. The number of carbonyl (C=O) groups excluding carboxylic acids is 2. The van der Waals surface area contributed by atoms with Crippen LogP contribution in [-0.2, 0) is 18.3 Å². The van der Waals surface area contributed by atoms with Crippen LogP contribution in [0.5, 0.6) is 0 Å². The Morgan fingerprint density at radius 2 is 1.78 bits per heavy atom. The highest BCUT2D eigenvalue weighted by molar-refractivity contribution is 6.05. The van der Waals surface area contributed by atoms with Gasteiger partial charge in [-0.1, -0.05) is 30.3 Å². The first-order valence-corrected chi connectivity index (χ1v) is 9.69. The lowest BCUT2D eigenvalue weighted by Crippen LogP contribution is -2.42. The zero-order chi connectivity index (χ0) is 22.7. The van der Waals surface area contributed by atoms with Crippen LogP contribution in [0.3, 0.4) is 0 Å². The monoisotopic (exact) mass is 435 g/mol. The number of hydrogen-bond donors (Lipinski definition) is 2. The van der Waals surface area contributed by atoms with E-state index in [1.54, 1.807) is 42.5 Å². The summed E-state index contributed by atoms with van der Waals surface area (Å²) in [7, 11) is 1.44. The summed E-state index contributed by atoms with van der Waals surface area (Å²) < 4.78 is 20.4. The molecule has 0 fully saturated rings. The van der Waals surface area contributed by atoms with Crippen LogP contribution in [0.4, 0.5) is 4.39 Å². The van der Waals surface area contributed by atoms with E-state index in [1.807, 2.05) is 0 Å². The van der Waals surface area contributed by atoms with Crippen LogP contribution in [0.2, 0.25) is 0 Å². The number of hydrazine groups is 1. The van der Waals surface area contributed by atoms with Crippen molar-refractivity contribution in [3.05, 3.63) is 82.5 Å². The number of benzene rings is 2. The summed E-state index contributed by atoms with van der Waals surface area (Å²) in [5.41, 5.74) is 4.55. The molecule has 32 heavy (non-hydrogen) atoms. The largest absolute Gasteiger partial charge is 0.441 e. The van der Waals surface area contributed by atoms with E-state index in [0.29, 0.717) is 10.8 Å². The topological polar surface area (TPSA) is 119 Å². The average Bonchev–Trinajstić information content (AvgIpc) is 3.27. The summed E-state index contributed by atoms with van der Waals surface area (Å²) in [5, 5.41) is 4.72. The third-order valence-electron chi connectivity index (χ3n) is 4.75. The number of fused-ring (bicyclic) bond motifs is 1. The minimum absolute atomic E-state index is 0.00484. The number of nitrogens with zero attached hydrogens (tertiary/aromatic N) is 3. The summed E-state index contributed by atoms with van der Waals surface area (Å²) in [6.45, 7) is 0. The number of hydrogen-bond acceptors (Lipinski definition) is 6. The Morgan fingerprint density at radius 3 is 2.56 bits per heavy atom. The fraction of sp³-hybridized carbons (Fsp3) is 0.136. The molecule has 0 radical (unpaired) electrons. The Labute approximate surface area is 180 Å². The van der Waals surface area contributed by atoms with Crippen molar-refractivity contribution in [2.75, 3.05) is 0 Å². The molecule has 0 aliphatic heterocycles. The molecule has 0 spiro atoms. The molecule has 9 nitrogen and oxygen atoms in total. The summed E-state index contributed by atoms with van der Waals surface area (Å²) in [5.74, 6) is -1.06. The van der Waals surface area contributed by atoms with Gasteiger partial charge in [0.1, 0.15) is 5.82 Å². The highest BCUT2D eigenvalue weighted by atomic mass is 19.1. The Morgan fingerprint density at radius 1 is 1.06 bits per heavy atom. The van der Waals surface area contributed by atoms with E-state index in [1.165, 1.54) is 19.3 Å². The van der Waals surface area contributed by atoms with E-state index < -0.39 is 17.6 Å². The molecule has 0 unspecified atom stereocenters. The molecule has 0 saturated heterocycles. The molecule has 0 aliphatic carbocycles. The van der Waals surface area contributed by atoms with Crippen LogP contribution < -0.4 is 16.4 Å². The van der Waals surface area contributed by atoms with E-state index in [2.05, 4.69) is 20.9 Å². The highest BCUT2D eigenvalue weighted by Crippen LogP contribution is 2.23. The van der Waals surface area contributed by atoms with Crippen LogP contribution in [0.1, 0.15) is 22.8 Å². The fourth-order valence-electron chi connectivity index (χ4n) is 3.15. The molecule has 0 saturated carbocycles. The van der Waals surface area contributed by atoms with Crippen molar-refractivity contribution in [3.63, 3.8) is 0 Å². The Hall–Kier alpha value is -4.34. The first kappa shape index (κ1) is 20.9.